The fourth-order valence-electron chi connectivity index (χ4n) is 5.05. The van der Waals surface area contributed by atoms with E-state index in [-0.39, 0.29) is 49.3 Å². The number of carbonyl (C=O) groups is 2. The van der Waals surface area contributed by atoms with Crippen LogP contribution in [-0.2, 0) is 23.8 Å². The normalized spacial score (nSPS) is 28.0. The summed E-state index contributed by atoms with van der Waals surface area (Å²) < 4.78 is 16.0. The topological polar surface area (TPSA) is 102 Å². The lowest BCUT2D eigenvalue weighted by Crippen LogP contribution is -2.43. The number of ether oxygens (including phenoxy) is 3. The number of esters is 2. The second kappa shape index (κ2) is 13.6. The van der Waals surface area contributed by atoms with Gasteiger partial charge in [-0.05, 0) is 69.3 Å². The maximum atomic E-state index is 12.9. The summed E-state index contributed by atoms with van der Waals surface area (Å²) in [6.07, 6.45) is 7.49. The van der Waals surface area contributed by atoms with Crippen LogP contribution in [0.15, 0.2) is 23.8 Å². The van der Waals surface area contributed by atoms with Crippen molar-refractivity contribution in [3.63, 3.8) is 0 Å². The van der Waals surface area contributed by atoms with Crippen molar-refractivity contribution in [2.24, 2.45) is 29.1 Å². The van der Waals surface area contributed by atoms with Gasteiger partial charge in [0.25, 0.3) is 0 Å². The molecule has 2 rings (SSSR count). The minimum atomic E-state index is -0.959. The Bertz CT molecular complexity index is 756. The Morgan fingerprint density at radius 1 is 1.17 bits per heavy atom. The fourth-order valence-corrected chi connectivity index (χ4v) is 5.05. The van der Waals surface area contributed by atoms with Gasteiger partial charge in [-0.15, -0.1) is 0 Å². The third-order valence-corrected chi connectivity index (χ3v) is 7.62. The molecule has 0 saturated carbocycles. The molecule has 200 valence electrons. The second-order valence-electron chi connectivity index (χ2n) is 11.0. The zero-order valence-corrected chi connectivity index (χ0v) is 22.4. The molecule has 0 amide bonds. The lowest BCUT2D eigenvalue weighted by Gasteiger charge is -2.44. The van der Waals surface area contributed by atoms with Crippen LogP contribution in [0, 0.1) is 29.1 Å². The molecular weight excluding hydrogens is 448 g/mol. The molecule has 0 spiro atoms. The number of carbonyl (C=O) groups excluding carboxylic acids is 2. The van der Waals surface area contributed by atoms with Crippen LogP contribution in [0.4, 0.5) is 0 Å². The summed E-state index contributed by atoms with van der Waals surface area (Å²) in [7, 11) is 1.52. The van der Waals surface area contributed by atoms with E-state index in [2.05, 4.69) is 32.1 Å². The van der Waals surface area contributed by atoms with E-state index in [0.717, 1.165) is 19.3 Å². The van der Waals surface area contributed by atoms with Gasteiger partial charge in [-0.3, -0.25) is 9.59 Å². The Labute approximate surface area is 210 Å². The standard InChI is InChI=1S/C28H46O7/c1-7-28(4,5)27(32)35-24-15-18(2)14-20-9-8-19(3)23(26(20)24)11-10-21(29)16-22(30)17-25(31)34-13-12-33-6/h8-9,14,18-19,21-24,26,29-30H,7,10-13,15-17H2,1-6H3. The van der Waals surface area contributed by atoms with Gasteiger partial charge < -0.3 is 24.4 Å². The van der Waals surface area contributed by atoms with Gasteiger partial charge in [0.2, 0.25) is 0 Å². The molecule has 7 heteroatoms. The molecule has 0 saturated heterocycles. The first-order valence-electron chi connectivity index (χ1n) is 13.1. The highest BCUT2D eigenvalue weighted by atomic mass is 16.6. The molecule has 2 N–H and O–H groups in total. The van der Waals surface area contributed by atoms with Gasteiger partial charge in [0.1, 0.15) is 12.7 Å². The highest BCUT2D eigenvalue weighted by Crippen LogP contribution is 2.45. The molecule has 0 aromatic rings. The SMILES string of the molecule is CCC(C)(C)C(=O)OC1CC(C)C=C2C=CC(C)C(CCC(O)CC(O)CC(=O)OCCOC)C21. The summed E-state index contributed by atoms with van der Waals surface area (Å²) in [5, 5.41) is 20.8. The molecule has 0 aromatic carbocycles. The van der Waals surface area contributed by atoms with Crippen LogP contribution in [0.2, 0.25) is 0 Å². The summed E-state index contributed by atoms with van der Waals surface area (Å²) >= 11 is 0. The molecule has 7 nitrogen and oxygen atoms in total. The molecule has 0 radical (unpaired) electrons. The molecule has 0 fully saturated rings. The van der Waals surface area contributed by atoms with E-state index in [0.29, 0.717) is 18.9 Å². The summed E-state index contributed by atoms with van der Waals surface area (Å²) in [6, 6.07) is 0. The van der Waals surface area contributed by atoms with Crippen molar-refractivity contribution in [2.75, 3.05) is 20.3 Å². The number of rotatable bonds is 13. The predicted molar refractivity (Wildman–Crippen MR) is 134 cm³/mol. The Morgan fingerprint density at radius 2 is 1.89 bits per heavy atom. The number of fused-ring (bicyclic) bond motifs is 1. The van der Waals surface area contributed by atoms with E-state index in [1.54, 1.807) is 0 Å². The van der Waals surface area contributed by atoms with E-state index >= 15 is 0 Å². The predicted octanol–water partition coefficient (Wildman–Crippen LogP) is 4.21. The maximum Gasteiger partial charge on any atom is 0.311 e. The van der Waals surface area contributed by atoms with Gasteiger partial charge in [-0.2, -0.15) is 0 Å². The summed E-state index contributed by atoms with van der Waals surface area (Å²) in [4.78, 5) is 24.7. The minimum absolute atomic E-state index is 0.0932. The zero-order valence-electron chi connectivity index (χ0n) is 22.4. The second-order valence-corrected chi connectivity index (χ2v) is 11.0. The van der Waals surface area contributed by atoms with Gasteiger partial charge in [0, 0.05) is 13.0 Å². The molecule has 0 bridgehead atoms. The molecule has 2 aliphatic carbocycles. The van der Waals surface area contributed by atoms with Gasteiger partial charge in [0.05, 0.1) is 30.7 Å². The van der Waals surface area contributed by atoms with E-state index in [9.17, 15) is 19.8 Å². The lowest BCUT2D eigenvalue weighted by molar-refractivity contribution is -0.164. The van der Waals surface area contributed by atoms with Gasteiger partial charge in [-0.1, -0.05) is 39.0 Å². The van der Waals surface area contributed by atoms with Gasteiger partial charge in [-0.25, -0.2) is 0 Å². The Hall–Kier alpha value is -1.70. The smallest absolute Gasteiger partial charge is 0.311 e. The molecule has 7 unspecified atom stereocenters. The van der Waals surface area contributed by atoms with Crippen molar-refractivity contribution < 1.29 is 34.0 Å². The van der Waals surface area contributed by atoms with E-state index in [1.807, 2.05) is 20.8 Å². The van der Waals surface area contributed by atoms with Crippen molar-refractivity contribution in [1.29, 1.82) is 0 Å². The maximum absolute atomic E-state index is 12.9. The number of methoxy groups -OCH3 is 1. The number of hydrogen-bond acceptors (Lipinski definition) is 7. The minimum Gasteiger partial charge on any atom is -0.463 e. The third kappa shape index (κ3) is 8.72. The summed E-state index contributed by atoms with van der Waals surface area (Å²) in [6.45, 7) is 10.6. The first kappa shape index (κ1) is 29.5. The van der Waals surface area contributed by atoms with Crippen LogP contribution in [0.1, 0.15) is 73.1 Å². The van der Waals surface area contributed by atoms with Gasteiger partial charge >= 0.3 is 11.9 Å². The first-order chi connectivity index (χ1) is 16.5. The number of aliphatic hydroxyl groups excluding tert-OH is 2. The van der Waals surface area contributed by atoms with Gasteiger partial charge in [0.15, 0.2) is 0 Å². The molecular formula is C28H46O7. The molecule has 0 heterocycles. The average Bonchev–Trinajstić information content (AvgIpc) is 2.78. The Morgan fingerprint density at radius 3 is 2.54 bits per heavy atom. The zero-order chi connectivity index (χ0) is 26.2. The summed E-state index contributed by atoms with van der Waals surface area (Å²) in [5.41, 5.74) is 0.694. The van der Waals surface area contributed by atoms with Crippen molar-refractivity contribution in [2.45, 2.75) is 91.5 Å². The number of aliphatic hydroxyl groups is 2. The highest BCUT2D eigenvalue weighted by Gasteiger charge is 2.42. The first-order valence-corrected chi connectivity index (χ1v) is 13.1. The fraction of sp³-hybridized carbons (Fsp3) is 0.786. The van der Waals surface area contributed by atoms with Crippen molar-refractivity contribution in [3.05, 3.63) is 23.8 Å². The highest BCUT2D eigenvalue weighted by molar-refractivity contribution is 5.76. The van der Waals surface area contributed by atoms with Crippen LogP contribution in [0.25, 0.3) is 0 Å². The quantitative estimate of drug-likeness (QED) is 0.292. The Kier molecular flexibility index (Phi) is 11.4. The molecule has 7 atom stereocenters. The van der Waals surface area contributed by atoms with Crippen LogP contribution < -0.4 is 0 Å². The van der Waals surface area contributed by atoms with Crippen molar-refractivity contribution >= 4 is 11.9 Å². The van der Waals surface area contributed by atoms with E-state index in [1.165, 1.54) is 12.7 Å². The van der Waals surface area contributed by atoms with Crippen LogP contribution in [0.3, 0.4) is 0 Å². The lowest BCUT2D eigenvalue weighted by atomic mass is 9.65. The molecule has 35 heavy (non-hydrogen) atoms. The Balaban J connectivity index is 2.00. The summed E-state index contributed by atoms with van der Waals surface area (Å²) in [5.74, 6) is 0.256. The van der Waals surface area contributed by atoms with E-state index in [4.69, 9.17) is 14.2 Å². The largest absolute Gasteiger partial charge is 0.463 e. The average molecular weight is 495 g/mol. The van der Waals surface area contributed by atoms with Crippen LogP contribution in [-0.4, -0.2) is 60.8 Å². The van der Waals surface area contributed by atoms with Crippen molar-refractivity contribution in [3.8, 4) is 0 Å². The van der Waals surface area contributed by atoms with Crippen LogP contribution >= 0.6 is 0 Å². The van der Waals surface area contributed by atoms with Crippen molar-refractivity contribution in [1.82, 2.24) is 0 Å². The third-order valence-electron chi connectivity index (χ3n) is 7.62. The number of allylic oxidation sites excluding steroid dienone is 3. The molecule has 2 aliphatic rings. The van der Waals surface area contributed by atoms with E-state index < -0.39 is 23.6 Å². The van der Waals surface area contributed by atoms with Crippen LogP contribution in [0.5, 0.6) is 0 Å². The number of hydrogen-bond donors (Lipinski definition) is 2. The monoisotopic (exact) mass is 494 g/mol. The molecule has 0 aliphatic heterocycles. The molecule has 0 aromatic heterocycles.